The lowest BCUT2D eigenvalue weighted by Gasteiger charge is -2.07. The van der Waals surface area contributed by atoms with E-state index >= 15 is 0 Å². The zero-order valence-electron chi connectivity index (χ0n) is 17.8. The molecule has 0 bridgehead atoms. The maximum Gasteiger partial charge on any atom is 0.359 e. The van der Waals surface area contributed by atoms with Gasteiger partial charge in [0.25, 0.3) is 0 Å². The highest BCUT2D eigenvalue weighted by molar-refractivity contribution is 5.75. The molecule has 0 fully saturated rings. The molecule has 5 heteroatoms. The van der Waals surface area contributed by atoms with Crippen molar-refractivity contribution in [3.8, 4) is 11.5 Å². The molecule has 0 N–H and O–H groups in total. The number of rotatable bonds is 10. The second-order valence-corrected chi connectivity index (χ2v) is 10.1. The predicted octanol–water partition coefficient (Wildman–Crippen LogP) is 2.60. The topological polar surface area (TPSA) is 52.6 Å². The summed E-state index contributed by atoms with van der Waals surface area (Å²) in [6, 6.07) is 30.8. The summed E-state index contributed by atoms with van der Waals surface area (Å²) in [7, 11) is 0. The van der Waals surface area contributed by atoms with Crippen LogP contribution < -0.4 is 30.7 Å². The standard InChI is InChI=1S/C28H22IO4/c30-17-23-11-13-25(32-19-21-7-3-1-4-8-21)15-27(23)29-28-16-26(14-12-24(28)18-31)33-20-22-9-5-2-6-10-22/h1-18H,19-20H2/q+1. The SMILES string of the molecule is O=Cc1ccc(OCc2ccccc2)cc1[I+]c1cc(OCc2ccccc2)ccc1C=O. The highest BCUT2D eigenvalue weighted by Gasteiger charge is 2.25. The minimum absolute atomic E-state index is 0.446. The first-order valence-electron chi connectivity index (χ1n) is 10.4. The van der Waals surface area contributed by atoms with Gasteiger partial charge in [-0.2, -0.15) is 0 Å². The van der Waals surface area contributed by atoms with Crippen LogP contribution in [0, 0.1) is 7.14 Å². The fraction of sp³-hybridized carbons (Fsp3) is 0.0714. The Bertz CT molecular complexity index is 1130. The van der Waals surface area contributed by atoms with Crippen LogP contribution in [0.15, 0.2) is 97.1 Å². The molecule has 33 heavy (non-hydrogen) atoms. The van der Waals surface area contributed by atoms with Crippen LogP contribution in [-0.4, -0.2) is 12.6 Å². The van der Waals surface area contributed by atoms with Gasteiger partial charge in [-0.3, -0.25) is 9.59 Å². The molecule has 4 aromatic rings. The van der Waals surface area contributed by atoms with Gasteiger partial charge in [-0.05, 0) is 35.4 Å². The second-order valence-electron chi connectivity index (χ2n) is 7.25. The average molecular weight is 549 g/mol. The van der Waals surface area contributed by atoms with Crippen molar-refractivity contribution in [3.63, 3.8) is 0 Å². The molecule has 0 heterocycles. The summed E-state index contributed by atoms with van der Waals surface area (Å²) in [5.41, 5.74) is 3.36. The number of halogens is 1. The van der Waals surface area contributed by atoms with Gasteiger partial charge in [-0.1, -0.05) is 60.7 Å². The van der Waals surface area contributed by atoms with E-state index in [0.717, 1.165) is 30.8 Å². The van der Waals surface area contributed by atoms with Crippen molar-refractivity contribution in [2.24, 2.45) is 0 Å². The van der Waals surface area contributed by atoms with Crippen LogP contribution in [-0.2, 0) is 13.2 Å². The number of ether oxygens (including phenoxy) is 2. The third kappa shape index (κ3) is 6.29. The summed E-state index contributed by atoms with van der Waals surface area (Å²) >= 11 is -0.817. The summed E-state index contributed by atoms with van der Waals surface area (Å²) < 4.78 is 13.7. The van der Waals surface area contributed by atoms with E-state index in [0.29, 0.717) is 35.8 Å². The molecular formula is C28H22IO4+. The van der Waals surface area contributed by atoms with Gasteiger partial charge < -0.3 is 9.47 Å². The Kier molecular flexibility index (Phi) is 7.87. The van der Waals surface area contributed by atoms with Gasteiger partial charge in [0.15, 0.2) is 12.6 Å². The van der Waals surface area contributed by atoms with Crippen molar-refractivity contribution in [1.82, 2.24) is 0 Å². The number of hydrogen-bond donors (Lipinski definition) is 0. The lowest BCUT2D eigenvalue weighted by molar-refractivity contribution is -0.597. The molecular weight excluding hydrogens is 527 g/mol. The summed E-state index contributed by atoms with van der Waals surface area (Å²) in [6.07, 6.45) is 1.71. The van der Waals surface area contributed by atoms with Crippen molar-refractivity contribution < 1.29 is 40.3 Å². The van der Waals surface area contributed by atoms with E-state index in [1.54, 1.807) is 24.3 Å². The van der Waals surface area contributed by atoms with Gasteiger partial charge in [-0.15, -0.1) is 0 Å². The van der Waals surface area contributed by atoms with Crippen LogP contribution in [0.3, 0.4) is 0 Å². The van der Waals surface area contributed by atoms with Crippen molar-refractivity contribution in [2.45, 2.75) is 13.2 Å². The van der Waals surface area contributed by atoms with Crippen LogP contribution >= 0.6 is 0 Å². The van der Waals surface area contributed by atoms with Gasteiger partial charge in [0, 0.05) is 12.1 Å². The fourth-order valence-corrected chi connectivity index (χ4v) is 5.93. The molecule has 0 amide bonds. The van der Waals surface area contributed by atoms with E-state index in [1.165, 1.54) is 0 Å². The Morgan fingerprint density at radius 2 is 1.00 bits per heavy atom. The van der Waals surface area contributed by atoms with E-state index in [9.17, 15) is 9.59 Å². The molecule has 4 aromatic carbocycles. The summed E-state index contributed by atoms with van der Waals surface area (Å²) in [6.45, 7) is 0.892. The molecule has 0 spiro atoms. The van der Waals surface area contributed by atoms with Gasteiger partial charge in [0.05, 0.1) is 11.1 Å². The third-order valence-corrected chi connectivity index (χ3v) is 7.93. The van der Waals surface area contributed by atoms with Crippen molar-refractivity contribution in [2.75, 3.05) is 0 Å². The Hall–Kier alpha value is -3.45. The van der Waals surface area contributed by atoms with Gasteiger partial charge in [0.1, 0.15) is 24.7 Å². The molecule has 0 unspecified atom stereocenters. The normalized spacial score (nSPS) is 10.4. The minimum atomic E-state index is -0.817. The first-order valence-corrected chi connectivity index (χ1v) is 12.6. The molecule has 0 atom stereocenters. The smallest absolute Gasteiger partial charge is 0.359 e. The molecule has 0 aliphatic carbocycles. The highest BCUT2D eigenvalue weighted by atomic mass is 127. The average Bonchev–Trinajstić information content (AvgIpc) is 2.88. The maximum atomic E-state index is 11.7. The molecule has 0 radical (unpaired) electrons. The molecule has 4 rings (SSSR count). The Labute approximate surface area is 203 Å². The van der Waals surface area contributed by atoms with E-state index in [4.69, 9.17) is 9.47 Å². The van der Waals surface area contributed by atoms with Crippen molar-refractivity contribution >= 4 is 12.6 Å². The zero-order valence-corrected chi connectivity index (χ0v) is 20.0. The van der Waals surface area contributed by atoms with Crippen LogP contribution in [0.4, 0.5) is 0 Å². The number of carbonyl (C=O) groups is 2. The largest absolute Gasteiger partial charge is 0.489 e. The van der Waals surface area contributed by atoms with Gasteiger partial charge in [-0.25, -0.2) is 0 Å². The van der Waals surface area contributed by atoms with Crippen molar-refractivity contribution in [1.29, 1.82) is 0 Å². The molecule has 0 aliphatic heterocycles. The minimum Gasteiger partial charge on any atom is -0.489 e. The monoisotopic (exact) mass is 549 g/mol. The fourth-order valence-electron chi connectivity index (χ4n) is 3.14. The summed E-state index contributed by atoms with van der Waals surface area (Å²) in [5.74, 6) is 1.39. The molecule has 0 aromatic heterocycles. The summed E-state index contributed by atoms with van der Waals surface area (Å²) in [4.78, 5) is 23.3. The lowest BCUT2D eigenvalue weighted by atomic mass is 10.2. The second kappa shape index (κ2) is 11.4. The molecule has 0 aliphatic rings. The highest BCUT2D eigenvalue weighted by Crippen LogP contribution is 2.16. The lowest BCUT2D eigenvalue weighted by Crippen LogP contribution is -3.62. The van der Waals surface area contributed by atoms with E-state index in [2.05, 4.69) is 0 Å². The molecule has 0 saturated carbocycles. The Morgan fingerprint density at radius 1 is 0.576 bits per heavy atom. The number of carbonyl (C=O) groups excluding carboxylic acids is 2. The first kappa shape index (κ1) is 22.7. The quantitative estimate of drug-likeness (QED) is 0.226. The van der Waals surface area contributed by atoms with E-state index in [-0.39, 0.29) is 0 Å². The van der Waals surface area contributed by atoms with E-state index < -0.39 is 21.2 Å². The number of benzene rings is 4. The van der Waals surface area contributed by atoms with Crippen molar-refractivity contribution in [3.05, 3.63) is 126 Å². The molecule has 0 saturated heterocycles. The summed E-state index contributed by atoms with van der Waals surface area (Å²) in [5, 5.41) is 0. The first-order chi connectivity index (χ1) is 16.2. The van der Waals surface area contributed by atoms with Crippen LogP contribution in [0.2, 0.25) is 0 Å². The number of aldehydes is 2. The predicted molar refractivity (Wildman–Crippen MR) is 123 cm³/mol. The maximum absolute atomic E-state index is 11.7. The van der Waals surface area contributed by atoms with Crippen LogP contribution in [0.25, 0.3) is 0 Å². The van der Waals surface area contributed by atoms with Gasteiger partial charge >= 0.3 is 21.2 Å². The van der Waals surface area contributed by atoms with Crippen LogP contribution in [0.1, 0.15) is 31.8 Å². The molecule has 164 valence electrons. The van der Waals surface area contributed by atoms with E-state index in [1.807, 2.05) is 72.8 Å². The van der Waals surface area contributed by atoms with Crippen LogP contribution in [0.5, 0.6) is 11.5 Å². The van der Waals surface area contributed by atoms with Gasteiger partial charge in [0.2, 0.25) is 7.14 Å². The zero-order chi connectivity index (χ0) is 22.9. The Balaban J connectivity index is 1.53. The third-order valence-electron chi connectivity index (χ3n) is 4.90. The Morgan fingerprint density at radius 3 is 1.39 bits per heavy atom. The molecule has 4 nitrogen and oxygen atoms in total. The number of hydrogen-bond acceptors (Lipinski definition) is 4.